The molecule has 0 unspecified atom stereocenters. The number of rotatable bonds is 3. The first kappa shape index (κ1) is 12.9. The maximum Gasteiger partial charge on any atom is 0.251 e. The van der Waals surface area contributed by atoms with Crippen molar-refractivity contribution in [3.8, 4) is 5.75 Å². The number of methoxy groups -OCH3 is 1. The zero-order valence-electron chi connectivity index (χ0n) is 11.1. The van der Waals surface area contributed by atoms with Crippen molar-refractivity contribution in [1.82, 2.24) is 5.32 Å². The van der Waals surface area contributed by atoms with E-state index in [0.29, 0.717) is 17.5 Å². The summed E-state index contributed by atoms with van der Waals surface area (Å²) < 4.78 is 5.08. The van der Waals surface area contributed by atoms with E-state index in [1.54, 1.807) is 7.11 Å². The molecule has 98 valence electrons. The van der Waals surface area contributed by atoms with Gasteiger partial charge in [-0.25, -0.2) is 0 Å². The smallest absolute Gasteiger partial charge is 0.251 e. The SMILES string of the molecule is COc1ccc(C(=O)N[C@H]2CCCC[C@H]2C)cc1. The van der Waals surface area contributed by atoms with Crippen LogP contribution >= 0.6 is 0 Å². The summed E-state index contributed by atoms with van der Waals surface area (Å²) in [6.07, 6.45) is 4.82. The van der Waals surface area contributed by atoms with E-state index in [0.717, 1.165) is 12.2 Å². The van der Waals surface area contributed by atoms with E-state index in [4.69, 9.17) is 4.74 Å². The van der Waals surface area contributed by atoms with Gasteiger partial charge in [0.2, 0.25) is 0 Å². The third kappa shape index (κ3) is 3.03. The first-order valence-corrected chi connectivity index (χ1v) is 6.65. The van der Waals surface area contributed by atoms with Crippen LogP contribution in [0.2, 0.25) is 0 Å². The van der Waals surface area contributed by atoms with Crippen molar-refractivity contribution in [2.24, 2.45) is 5.92 Å². The van der Waals surface area contributed by atoms with E-state index >= 15 is 0 Å². The Morgan fingerprint density at radius 2 is 1.89 bits per heavy atom. The Bertz CT molecular complexity index is 399. The van der Waals surface area contributed by atoms with Gasteiger partial charge in [-0.1, -0.05) is 19.8 Å². The van der Waals surface area contributed by atoms with Gasteiger partial charge < -0.3 is 10.1 Å². The number of benzene rings is 1. The molecular weight excluding hydrogens is 226 g/mol. The molecule has 1 aromatic rings. The van der Waals surface area contributed by atoms with E-state index in [1.165, 1.54) is 19.3 Å². The molecule has 0 bridgehead atoms. The van der Waals surface area contributed by atoms with Crippen molar-refractivity contribution >= 4 is 5.91 Å². The van der Waals surface area contributed by atoms with Gasteiger partial charge in [-0.2, -0.15) is 0 Å². The minimum atomic E-state index is 0.0244. The van der Waals surface area contributed by atoms with E-state index in [-0.39, 0.29) is 5.91 Å². The van der Waals surface area contributed by atoms with Crippen molar-refractivity contribution in [1.29, 1.82) is 0 Å². The highest BCUT2D eigenvalue weighted by atomic mass is 16.5. The molecule has 0 heterocycles. The molecule has 3 nitrogen and oxygen atoms in total. The number of hydrogen-bond donors (Lipinski definition) is 1. The van der Waals surface area contributed by atoms with Crippen LogP contribution in [0.15, 0.2) is 24.3 Å². The molecule has 1 aromatic carbocycles. The molecule has 0 radical (unpaired) electrons. The van der Waals surface area contributed by atoms with Crippen LogP contribution in [0.25, 0.3) is 0 Å². The largest absolute Gasteiger partial charge is 0.497 e. The topological polar surface area (TPSA) is 38.3 Å². The number of carbonyl (C=O) groups is 1. The van der Waals surface area contributed by atoms with Crippen molar-refractivity contribution in [2.45, 2.75) is 38.6 Å². The number of nitrogens with one attached hydrogen (secondary N) is 1. The third-order valence-electron chi connectivity index (χ3n) is 3.78. The van der Waals surface area contributed by atoms with Gasteiger partial charge in [-0.05, 0) is 43.0 Å². The van der Waals surface area contributed by atoms with Crippen molar-refractivity contribution in [2.75, 3.05) is 7.11 Å². The zero-order valence-corrected chi connectivity index (χ0v) is 11.1. The summed E-state index contributed by atoms with van der Waals surface area (Å²) >= 11 is 0. The van der Waals surface area contributed by atoms with Crippen LogP contribution in [0.5, 0.6) is 5.75 Å². The number of hydrogen-bond acceptors (Lipinski definition) is 2. The minimum Gasteiger partial charge on any atom is -0.497 e. The van der Waals surface area contributed by atoms with Gasteiger partial charge in [-0.15, -0.1) is 0 Å². The summed E-state index contributed by atoms with van der Waals surface area (Å²) in [5.41, 5.74) is 0.702. The predicted molar refractivity (Wildman–Crippen MR) is 71.9 cm³/mol. The van der Waals surface area contributed by atoms with Crippen molar-refractivity contribution < 1.29 is 9.53 Å². The second-order valence-corrected chi connectivity index (χ2v) is 5.07. The van der Waals surface area contributed by atoms with Crippen LogP contribution < -0.4 is 10.1 Å². The van der Waals surface area contributed by atoms with Gasteiger partial charge in [0.25, 0.3) is 5.91 Å². The van der Waals surface area contributed by atoms with Gasteiger partial charge in [0.1, 0.15) is 5.75 Å². The molecule has 1 aliphatic rings. The first-order valence-electron chi connectivity index (χ1n) is 6.65. The van der Waals surface area contributed by atoms with E-state index in [1.807, 2.05) is 24.3 Å². The molecule has 1 saturated carbocycles. The standard InChI is InChI=1S/C15H21NO2/c1-11-5-3-4-6-14(11)16-15(17)12-7-9-13(18-2)10-8-12/h7-11,14H,3-6H2,1-2H3,(H,16,17)/t11-,14+/m1/s1. The summed E-state index contributed by atoms with van der Waals surface area (Å²) in [7, 11) is 1.62. The molecule has 1 N–H and O–H groups in total. The van der Waals surface area contributed by atoms with Crippen LogP contribution in [0.1, 0.15) is 43.0 Å². The summed E-state index contributed by atoms with van der Waals surface area (Å²) in [6, 6.07) is 7.58. The summed E-state index contributed by atoms with van der Waals surface area (Å²) in [4.78, 5) is 12.1. The lowest BCUT2D eigenvalue weighted by Gasteiger charge is -2.29. The Morgan fingerprint density at radius 1 is 1.22 bits per heavy atom. The van der Waals surface area contributed by atoms with Crippen LogP contribution in [-0.4, -0.2) is 19.1 Å². The number of carbonyl (C=O) groups excluding carboxylic acids is 1. The molecule has 2 atom stereocenters. The highest BCUT2D eigenvalue weighted by Gasteiger charge is 2.23. The van der Waals surface area contributed by atoms with Crippen LogP contribution in [0.3, 0.4) is 0 Å². The van der Waals surface area contributed by atoms with Crippen LogP contribution in [-0.2, 0) is 0 Å². The maximum absolute atomic E-state index is 12.1. The molecule has 1 fully saturated rings. The Morgan fingerprint density at radius 3 is 2.50 bits per heavy atom. The van der Waals surface area contributed by atoms with E-state index < -0.39 is 0 Å². The van der Waals surface area contributed by atoms with Crippen molar-refractivity contribution in [3.05, 3.63) is 29.8 Å². The normalized spacial score (nSPS) is 23.4. The second kappa shape index (κ2) is 5.89. The molecule has 0 saturated heterocycles. The summed E-state index contributed by atoms with van der Waals surface area (Å²) in [5, 5.41) is 3.14. The molecule has 1 aliphatic carbocycles. The Balaban J connectivity index is 1.97. The fraction of sp³-hybridized carbons (Fsp3) is 0.533. The number of amides is 1. The molecular formula is C15H21NO2. The van der Waals surface area contributed by atoms with Gasteiger partial charge in [0.15, 0.2) is 0 Å². The Labute approximate surface area is 109 Å². The Kier molecular flexibility index (Phi) is 4.24. The molecule has 0 spiro atoms. The number of ether oxygens (including phenoxy) is 1. The molecule has 0 aromatic heterocycles. The minimum absolute atomic E-state index is 0.0244. The van der Waals surface area contributed by atoms with Crippen LogP contribution in [0.4, 0.5) is 0 Å². The monoisotopic (exact) mass is 247 g/mol. The summed E-state index contributed by atoms with van der Waals surface area (Å²) in [6.45, 7) is 2.22. The lowest BCUT2D eigenvalue weighted by molar-refractivity contribution is 0.0910. The zero-order chi connectivity index (χ0) is 13.0. The predicted octanol–water partition coefficient (Wildman–Crippen LogP) is 3.00. The molecule has 1 amide bonds. The highest BCUT2D eigenvalue weighted by molar-refractivity contribution is 5.94. The molecule has 3 heteroatoms. The quantitative estimate of drug-likeness (QED) is 0.891. The fourth-order valence-corrected chi connectivity index (χ4v) is 2.52. The first-order chi connectivity index (χ1) is 8.70. The van der Waals surface area contributed by atoms with Crippen LogP contribution in [0, 0.1) is 5.92 Å². The van der Waals surface area contributed by atoms with Gasteiger partial charge >= 0.3 is 0 Å². The van der Waals surface area contributed by atoms with E-state index in [9.17, 15) is 4.79 Å². The van der Waals surface area contributed by atoms with Crippen molar-refractivity contribution in [3.63, 3.8) is 0 Å². The van der Waals surface area contributed by atoms with Gasteiger partial charge in [-0.3, -0.25) is 4.79 Å². The average Bonchev–Trinajstić information content (AvgIpc) is 2.41. The fourth-order valence-electron chi connectivity index (χ4n) is 2.52. The average molecular weight is 247 g/mol. The maximum atomic E-state index is 12.1. The van der Waals surface area contributed by atoms with E-state index in [2.05, 4.69) is 12.2 Å². The molecule has 18 heavy (non-hydrogen) atoms. The second-order valence-electron chi connectivity index (χ2n) is 5.07. The lowest BCUT2D eigenvalue weighted by Crippen LogP contribution is -2.41. The highest BCUT2D eigenvalue weighted by Crippen LogP contribution is 2.24. The Hall–Kier alpha value is -1.51. The lowest BCUT2D eigenvalue weighted by atomic mass is 9.86. The molecule has 0 aliphatic heterocycles. The summed E-state index contributed by atoms with van der Waals surface area (Å²) in [5.74, 6) is 1.38. The van der Waals surface area contributed by atoms with Gasteiger partial charge in [0, 0.05) is 11.6 Å². The third-order valence-corrected chi connectivity index (χ3v) is 3.78. The van der Waals surface area contributed by atoms with Gasteiger partial charge in [0.05, 0.1) is 7.11 Å². The molecule has 2 rings (SSSR count).